The van der Waals surface area contributed by atoms with Crippen LogP contribution in [0.2, 0.25) is 0 Å². The van der Waals surface area contributed by atoms with E-state index in [1.54, 1.807) is 14.2 Å². The average molecular weight is 233 g/mol. The van der Waals surface area contributed by atoms with E-state index in [1.807, 2.05) is 6.92 Å². The standard InChI is InChI=1S/C12H27NO3/c1-11(10-12(2)14)13(7-9-16-4)6-5-8-15-3/h11-12,14H,5-10H2,1-4H3. The van der Waals surface area contributed by atoms with Gasteiger partial charge in [0.15, 0.2) is 0 Å². The molecule has 16 heavy (non-hydrogen) atoms. The molecule has 0 saturated carbocycles. The minimum absolute atomic E-state index is 0.248. The summed E-state index contributed by atoms with van der Waals surface area (Å²) in [4.78, 5) is 2.34. The van der Waals surface area contributed by atoms with Gasteiger partial charge in [-0.3, -0.25) is 4.90 Å². The van der Waals surface area contributed by atoms with E-state index in [2.05, 4.69) is 11.8 Å². The normalized spacial score (nSPS) is 15.4. The van der Waals surface area contributed by atoms with Gasteiger partial charge in [-0.05, 0) is 26.7 Å². The third-order valence-corrected chi connectivity index (χ3v) is 2.68. The highest BCUT2D eigenvalue weighted by Crippen LogP contribution is 2.07. The van der Waals surface area contributed by atoms with Gasteiger partial charge in [0.05, 0.1) is 12.7 Å². The summed E-state index contributed by atoms with van der Waals surface area (Å²) in [5, 5.41) is 9.39. The van der Waals surface area contributed by atoms with Gasteiger partial charge < -0.3 is 14.6 Å². The molecule has 0 spiro atoms. The number of rotatable bonds is 10. The molecule has 0 amide bonds. The number of aliphatic hydroxyl groups excluding tert-OH is 1. The van der Waals surface area contributed by atoms with E-state index in [-0.39, 0.29) is 6.10 Å². The van der Waals surface area contributed by atoms with E-state index < -0.39 is 0 Å². The van der Waals surface area contributed by atoms with Gasteiger partial charge in [0, 0.05) is 40.0 Å². The van der Waals surface area contributed by atoms with E-state index in [9.17, 15) is 5.11 Å². The minimum Gasteiger partial charge on any atom is -0.393 e. The molecule has 2 atom stereocenters. The lowest BCUT2D eigenvalue weighted by molar-refractivity contribution is 0.0833. The van der Waals surface area contributed by atoms with Crippen LogP contribution in [0.1, 0.15) is 26.7 Å². The monoisotopic (exact) mass is 233 g/mol. The number of hydrogen-bond acceptors (Lipinski definition) is 4. The number of hydrogen-bond donors (Lipinski definition) is 1. The first-order valence-corrected chi connectivity index (χ1v) is 6.01. The van der Waals surface area contributed by atoms with Gasteiger partial charge >= 0.3 is 0 Å². The van der Waals surface area contributed by atoms with E-state index >= 15 is 0 Å². The summed E-state index contributed by atoms with van der Waals surface area (Å²) < 4.78 is 10.1. The topological polar surface area (TPSA) is 41.9 Å². The molecule has 0 aliphatic carbocycles. The summed E-state index contributed by atoms with van der Waals surface area (Å²) in [7, 11) is 3.44. The van der Waals surface area contributed by atoms with Gasteiger partial charge in [-0.2, -0.15) is 0 Å². The molecule has 0 saturated heterocycles. The van der Waals surface area contributed by atoms with Crippen molar-refractivity contribution in [2.24, 2.45) is 0 Å². The Morgan fingerprint density at radius 1 is 1.06 bits per heavy atom. The zero-order valence-electron chi connectivity index (χ0n) is 11.1. The van der Waals surface area contributed by atoms with Crippen LogP contribution >= 0.6 is 0 Å². The highest BCUT2D eigenvalue weighted by Gasteiger charge is 2.14. The smallest absolute Gasteiger partial charge is 0.0589 e. The van der Waals surface area contributed by atoms with Crippen molar-refractivity contribution < 1.29 is 14.6 Å². The minimum atomic E-state index is -0.248. The van der Waals surface area contributed by atoms with Crippen LogP contribution in [-0.4, -0.2) is 62.7 Å². The number of aliphatic hydroxyl groups is 1. The van der Waals surface area contributed by atoms with Gasteiger partial charge in [0.2, 0.25) is 0 Å². The summed E-state index contributed by atoms with van der Waals surface area (Å²) in [6.07, 6.45) is 1.57. The highest BCUT2D eigenvalue weighted by atomic mass is 16.5. The summed E-state index contributed by atoms with van der Waals surface area (Å²) in [5.41, 5.74) is 0. The second-order valence-corrected chi connectivity index (χ2v) is 4.31. The average Bonchev–Trinajstić information content (AvgIpc) is 2.22. The molecule has 0 bridgehead atoms. The Hall–Kier alpha value is -0.160. The first-order chi connectivity index (χ1) is 7.61. The predicted molar refractivity (Wildman–Crippen MR) is 65.7 cm³/mol. The Morgan fingerprint density at radius 3 is 2.19 bits per heavy atom. The van der Waals surface area contributed by atoms with Crippen LogP contribution in [0.4, 0.5) is 0 Å². The second kappa shape index (κ2) is 10.0. The molecule has 0 fully saturated rings. The second-order valence-electron chi connectivity index (χ2n) is 4.31. The van der Waals surface area contributed by atoms with Crippen molar-refractivity contribution in [2.45, 2.75) is 38.8 Å². The van der Waals surface area contributed by atoms with Crippen molar-refractivity contribution in [3.05, 3.63) is 0 Å². The van der Waals surface area contributed by atoms with E-state index in [4.69, 9.17) is 9.47 Å². The van der Waals surface area contributed by atoms with Crippen LogP contribution in [-0.2, 0) is 9.47 Å². The third-order valence-electron chi connectivity index (χ3n) is 2.68. The van der Waals surface area contributed by atoms with E-state index in [1.165, 1.54) is 0 Å². The van der Waals surface area contributed by atoms with Crippen molar-refractivity contribution in [1.29, 1.82) is 0 Å². The van der Waals surface area contributed by atoms with E-state index in [0.717, 1.165) is 39.1 Å². The molecular weight excluding hydrogens is 206 g/mol. The summed E-state index contributed by atoms with van der Waals surface area (Å²) >= 11 is 0. The van der Waals surface area contributed by atoms with Crippen molar-refractivity contribution in [3.63, 3.8) is 0 Å². The van der Waals surface area contributed by atoms with Gasteiger partial charge in [-0.25, -0.2) is 0 Å². The van der Waals surface area contributed by atoms with Crippen LogP contribution < -0.4 is 0 Å². The zero-order chi connectivity index (χ0) is 12.4. The van der Waals surface area contributed by atoms with Crippen LogP contribution in [0.15, 0.2) is 0 Å². The van der Waals surface area contributed by atoms with Gasteiger partial charge in [0.25, 0.3) is 0 Å². The fourth-order valence-electron chi connectivity index (χ4n) is 1.82. The SMILES string of the molecule is COCCCN(CCOC)C(C)CC(C)O. The highest BCUT2D eigenvalue weighted by molar-refractivity contribution is 4.69. The molecular formula is C12H27NO3. The molecule has 0 aromatic heterocycles. The maximum atomic E-state index is 9.39. The van der Waals surface area contributed by atoms with Crippen molar-refractivity contribution in [2.75, 3.05) is 40.5 Å². The number of ether oxygens (including phenoxy) is 2. The van der Waals surface area contributed by atoms with Gasteiger partial charge in [-0.15, -0.1) is 0 Å². The molecule has 1 N–H and O–H groups in total. The Bertz CT molecular complexity index is 153. The molecule has 98 valence electrons. The van der Waals surface area contributed by atoms with Crippen molar-refractivity contribution >= 4 is 0 Å². The van der Waals surface area contributed by atoms with Crippen LogP contribution in [0, 0.1) is 0 Å². The van der Waals surface area contributed by atoms with Crippen molar-refractivity contribution in [1.82, 2.24) is 4.90 Å². The fourth-order valence-corrected chi connectivity index (χ4v) is 1.82. The molecule has 0 rings (SSSR count). The van der Waals surface area contributed by atoms with Crippen LogP contribution in [0.5, 0.6) is 0 Å². The molecule has 0 aromatic carbocycles. The summed E-state index contributed by atoms with van der Waals surface area (Å²) in [6.45, 7) is 7.40. The molecule has 2 unspecified atom stereocenters. The maximum Gasteiger partial charge on any atom is 0.0589 e. The Labute approximate surface area is 99.5 Å². The lowest BCUT2D eigenvalue weighted by Crippen LogP contribution is -2.38. The largest absolute Gasteiger partial charge is 0.393 e. The van der Waals surface area contributed by atoms with Gasteiger partial charge in [0.1, 0.15) is 0 Å². The molecule has 0 radical (unpaired) electrons. The third kappa shape index (κ3) is 8.05. The van der Waals surface area contributed by atoms with Crippen molar-refractivity contribution in [3.8, 4) is 0 Å². The van der Waals surface area contributed by atoms with E-state index in [0.29, 0.717) is 6.04 Å². The van der Waals surface area contributed by atoms with Gasteiger partial charge in [-0.1, -0.05) is 0 Å². The molecule has 4 heteroatoms. The lowest BCUT2D eigenvalue weighted by Gasteiger charge is -2.29. The number of nitrogens with zero attached hydrogens (tertiary/aromatic N) is 1. The predicted octanol–water partition coefficient (Wildman–Crippen LogP) is 1.13. The maximum absolute atomic E-state index is 9.39. The Kier molecular flexibility index (Phi) is 9.92. The molecule has 4 nitrogen and oxygen atoms in total. The van der Waals surface area contributed by atoms with Crippen LogP contribution in [0.25, 0.3) is 0 Å². The first kappa shape index (κ1) is 15.8. The summed E-state index contributed by atoms with van der Waals surface area (Å²) in [5.74, 6) is 0. The quantitative estimate of drug-likeness (QED) is 0.574. The Balaban J connectivity index is 3.96. The molecule has 0 aromatic rings. The fraction of sp³-hybridized carbons (Fsp3) is 1.00. The number of methoxy groups -OCH3 is 2. The molecule has 0 aliphatic heterocycles. The lowest BCUT2D eigenvalue weighted by atomic mass is 10.1. The zero-order valence-corrected chi connectivity index (χ0v) is 11.1. The molecule has 0 aliphatic rings. The Morgan fingerprint density at radius 2 is 1.69 bits per heavy atom. The first-order valence-electron chi connectivity index (χ1n) is 6.01. The molecule has 0 heterocycles. The summed E-state index contributed by atoms with van der Waals surface area (Å²) in [6, 6.07) is 0.381. The van der Waals surface area contributed by atoms with Crippen LogP contribution in [0.3, 0.4) is 0 Å².